The Morgan fingerprint density at radius 2 is 0.610 bits per heavy atom. The number of nitrogens with one attached hydrogen (secondary N) is 1. The lowest BCUT2D eigenvalue weighted by Gasteiger charge is -2.22. The highest BCUT2D eigenvalue weighted by molar-refractivity contribution is 5.76. The van der Waals surface area contributed by atoms with Gasteiger partial charge in [0.25, 0.3) is 0 Å². The predicted octanol–water partition coefficient (Wildman–Crippen LogP) is 24.3. The molecule has 2 unspecified atom stereocenters. The normalized spacial score (nSPS) is 12.7. The Morgan fingerprint density at radius 1 is 0.341 bits per heavy atom. The highest BCUT2D eigenvalue weighted by Crippen LogP contribution is 2.19. The summed E-state index contributed by atoms with van der Waals surface area (Å²) in [6.07, 6.45) is 92.3. The van der Waals surface area contributed by atoms with Gasteiger partial charge in [-0.05, 0) is 83.5 Å². The molecule has 0 spiro atoms. The molecule has 2 atom stereocenters. The van der Waals surface area contributed by atoms with Gasteiger partial charge in [-0.3, -0.25) is 9.59 Å². The van der Waals surface area contributed by atoms with Crippen molar-refractivity contribution in [2.24, 2.45) is 0 Å². The van der Waals surface area contributed by atoms with Crippen LogP contribution in [0.1, 0.15) is 412 Å². The fraction of sp³-hybridized carbons (Fsp3) is 0.895. The zero-order valence-electron chi connectivity index (χ0n) is 55.5. The van der Waals surface area contributed by atoms with Gasteiger partial charge in [0.15, 0.2) is 0 Å². The van der Waals surface area contributed by atoms with E-state index in [0.29, 0.717) is 25.9 Å². The van der Waals surface area contributed by atoms with Gasteiger partial charge in [-0.1, -0.05) is 352 Å². The number of unbranched alkanes of at least 4 members (excludes halogenated alkanes) is 53. The van der Waals surface area contributed by atoms with Crippen molar-refractivity contribution >= 4 is 11.9 Å². The molecule has 6 nitrogen and oxygen atoms in total. The molecule has 0 aliphatic carbocycles. The third-order valence-corrected chi connectivity index (χ3v) is 17.4. The molecule has 82 heavy (non-hydrogen) atoms. The van der Waals surface area contributed by atoms with E-state index >= 15 is 0 Å². The molecule has 0 radical (unpaired) electrons. The molecule has 3 N–H and O–H groups in total. The van der Waals surface area contributed by atoms with E-state index in [0.717, 1.165) is 51.4 Å². The largest absolute Gasteiger partial charge is 0.466 e. The number of carbonyl (C=O) groups excluding carboxylic acids is 2. The maximum atomic E-state index is 12.5. The summed E-state index contributed by atoms with van der Waals surface area (Å²) in [5.74, 6) is -0.0164. The number of allylic oxidation sites excluding steroid dienone is 6. The van der Waals surface area contributed by atoms with Crippen LogP contribution in [0.4, 0.5) is 0 Å². The van der Waals surface area contributed by atoms with Crippen LogP contribution in [-0.2, 0) is 14.3 Å². The van der Waals surface area contributed by atoms with E-state index in [4.69, 9.17) is 4.74 Å². The molecule has 0 aromatic carbocycles. The average Bonchev–Trinajstić information content (AvgIpc) is 3.48. The quantitative estimate of drug-likeness (QED) is 0.0320. The second-order valence-corrected chi connectivity index (χ2v) is 25.6. The lowest BCUT2D eigenvalue weighted by Crippen LogP contribution is -2.45. The van der Waals surface area contributed by atoms with Crippen LogP contribution < -0.4 is 5.32 Å². The fourth-order valence-electron chi connectivity index (χ4n) is 11.7. The van der Waals surface area contributed by atoms with Crippen molar-refractivity contribution in [3.8, 4) is 0 Å². The second kappa shape index (κ2) is 71.6. The first-order valence-electron chi connectivity index (χ1n) is 37.2. The summed E-state index contributed by atoms with van der Waals surface area (Å²) in [4.78, 5) is 24.6. The summed E-state index contributed by atoms with van der Waals surface area (Å²) in [7, 11) is 0. The molecule has 0 bridgehead atoms. The van der Waals surface area contributed by atoms with Crippen molar-refractivity contribution in [3.63, 3.8) is 0 Å². The molecule has 0 saturated carbocycles. The van der Waals surface area contributed by atoms with Gasteiger partial charge >= 0.3 is 5.97 Å². The number of hydrogen-bond acceptors (Lipinski definition) is 5. The standard InChI is InChI=1S/C76H145NO5/c1-3-5-7-9-11-13-15-16-17-18-41-44-47-50-54-58-62-66-70-76(81)82-71-67-63-59-55-51-48-45-42-39-37-35-33-31-29-27-25-23-21-19-20-22-24-26-28-30-32-34-36-38-40-43-46-49-53-57-61-65-69-75(80)77-73(72-78)74(79)68-64-60-56-52-14-12-10-8-6-4-2/h13,15,17-19,21,73-74,78-79H,3-12,14,16,20,22-72H2,1-2H3,(H,77,80)/b15-13-,18-17-,21-19-. The number of aliphatic hydroxyl groups excluding tert-OH is 2. The fourth-order valence-corrected chi connectivity index (χ4v) is 11.7. The van der Waals surface area contributed by atoms with Gasteiger partial charge in [-0.2, -0.15) is 0 Å². The van der Waals surface area contributed by atoms with Gasteiger partial charge in [0.1, 0.15) is 0 Å². The number of amides is 1. The van der Waals surface area contributed by atoms with Crippen LogP contribution in [-0.4, -0.2) is 47.4 Å². The lowest BCUT2D eigenvalue weighted by molar-refractivity contribution is -0.143. The molecule has 0 heterocycles. The molecule has 0 aromatic heterocycles. The number of carbonyl (C=O) groups is 2. The van der Waals surface area contributed by atoms with Gasteiger partial charge in [0, 0.05) is 12.8 Å². The number of rotatable bonds is 70. The summed E-state index contributed by atoms with van der Waals surface area (Å²) in [6, 6.07) is -0.536. The highest BCUT2D eigenvalue weighted by atomic mass is 16.5. The number of hydrogen-bond donors (Lipinski definition) is 3. The van der Waals surface area contributed by atoms with Gasteiger partial charge in [-0.25, -0.2) is 0 Å². The summed E-state index contributed by atoms with van der Waals surface area (Å²) < 4.78 is 5.51. The molecule has 0 aliphatic rings. The van der Waals surface area contributed by atoms with Crippen LogP contribution in [0.5, 0.6) is 0 Å². The molecular formula is C76H145NO5. The topological polar surface area (TPSA) is 95.9 Å². The van der Waals surface area contributed by atoms with Crippen molar-refractivity contribution in [1.82, 2.24) is 5.32 Å². The highest BCUT2D eigenvalue weighted by Gasteiger charge is 2.20. The smallest absolute Gasteiger partial charge is 0.305 e. The Bertz CT molecular complexity index is 1330. The van der Waals surface area contributed by atoms with Crippen LogP contribution >= 0.6 is 0 Å². The molecule has 0 aliphatic heterocycles. The Kier molecular flexibility index (Phi) is 69.9. The minimum Gasteiger partial charge on any atom is -0.466 e. The minimum absolute atomic E-state index is 0.0145. The van der Waals surface area contributed by atoms with Gasteiger partial charge < -0.3 is 20.3 Å². The molecule has 0 aromatic rings. The van der Waals surface area contributed by atoms with E-state index in [9.17, 15) is 19.8 Å². The second-order valence-electron chi connectivity index (χ2n) is 25.6. The molecule has 6 heteroatoms. The molecule has 0 saturated heterocycles. The monoisotopic (exact) mass is 1150 g/mol. The Hall–Kier alpha value is -1.92. The van der Waals surface area contributed by atoms with Crippen LogP contribution in [0.3, 0.4) is 0 Å². The van der Waals surface area contributed by atoms with Crippen molar-refractivity contribution in [1.29, 1.82) is 0 Å². The van der Waals surface area contributed by atoms with Crippen LogP contribution in [0.25, 0.3) is 0 Å². The molecule has 1 amide bonds. The van der Waals surface area contributed by atoms with Crippen molar-refractivity contribution in [2.45, 2.75) is 424 Å². The number of esters is 1. The average molecular weight is 1150 g/mol. The molecule has 0 rings (SSSR count). The van der Waals surface area contributed by atoms with Crippen LogP contribution in [0, 0.1) is 0 Å². The predicted molar refractivity (Wildman–Crippen MR) is 361 cm³/mol. The first-order chi connectivity index (χ1) is 40.5. The zero-order chi connectivity index (χ0) is 59.2. The van der Waals surface area contributed by atoms with E-state index in [1.165, 1.54) is 327 Å². The third-order valence-electron chi connectivity index (χ3n) is 17.4. The zero-order valence-corrected chi connectivity index (χ0v) is 55.5. The summed E-state index contributed by atoms with van der Waals surface area (Å²) in [5, 5.41) is 23.2. The summed E-state index contributed by atoms with van der Waals surface area (Å²) in [6.45, 7) is 4.95. The van der Waals surface area contributed by atoms with E-state index in [1.807, 2.05) is 0 Å². The van der Waals surface area contributed by atoms with Gasteiger partial charge in [-0.15, -0.1) is 0 Å². The van der Waals surface area contributed by atoms with Crippen LogP contribution in [0.2, 0.25) is 0 Å². The number of aliphatic hydroxyl groups is 2. The van der Waals surface area contributed by atoms with Gasteiger partial charge in [0.05, 0.1) is 25.4 Å². The molecule has 484 valence electrons. The summed E-state index contributed by atoms with van der Waals surface area (Å²) in [5.41, 5.74) is 0. The van der Waals surface area contributed by atoms with Crippen molar-refractivity contribution < 1.29 is 24.5 Å². The first kappa shape index (κ1) is 80.1. The van der Waals surface area contributed by atoms with Crippen LogP contribution in [0.15, 0.2) is 36.5 Å². The van der Waals surface area contributed by atoms with E-state index in [2.05, 4.69) is 55.6 Å². The maximum Gasteiger partial charge on any atom is 0.305 e. The Morgan fingerprint density at radius 3 is 0.951 bits per heavy atom. The Balaban J connectivity index is 3.30. The third kappa shape index (κ3) is 67.2. The SMILES string of the molecule is CCCCCC/C=C\C/C=C\CCCCCCCCCC(=O)OCCCCCCCCCCCCCCCCCC/C=C\CCCCCCCCCCCCCCCCCCCC(=O)NC(CO)C(O)CCCCCCCCCCCC. The molecule has 0 fully saturated rings. The summed E-state index contributed by atoms with van der Waals surface area (Å²) >= 11 is 0. The first-order valence-corrected chi connectivity index (χ1v) is 37.2. The van der Waals surface area contributed by atoms with Gasteiger partial charge in [0.2, 0.25) is 5.91 Å². The molecular weight excluding hydrogens is 1010 g/mol. The van der Waals surface area contributed by atoms with Crippen molar-refractivity contribution in [2.75, 3.05) is 13.2 Å². The van der Waals surface area contributed by atoms with E-state index in [-0.39, 0.29) is 18.5 Å². The van der Waals surface area contributed by atoms with E-state index in [1.54, 1.807) is 0 Å². The Labute approximate surface area is 513 Å². The maximum absolute atomic E-state index is 12.5. The minimum atomic E-state index is -0.659. The van der Waals surface area contributed by atoms with Crippen molar-refractivity contribution in [3.05, 3.63) is 36.5 Å². The lowest BCUT2D eigenvalue weighted by atomic mass is 10.0. The van der Waals surface area contributed by atoms with E-state index < -0.39 is 12.1 Å². The number of ether oxygens (including phenoxy) is 1.